The molecule has 0 saturated carbocycles. The van der Waals surface area contributed by atoms with Crippen LogP contribution in [0.1, 0.15) is 5.56 Å². The van der Waals surface area contributed by atoms with E-state index in [1.54, 1.807) is 19.4 Å². The van der Waals surface area contributed by atoms with E-state index < -0.39 is 0 Å². The van der Waals surface area contributed by atoms with E-state index in [-0.39, 0.29) is 0 Å². The van der Waals surface area contributed by atoms with Crippen molar-refractivity contribution in [2.24, 2.45) is 5.73 Å². The lowest BCUT2D eigenvalue weighted by molar-refractivity contribution is 0.412. The lowest BCUT2D eigenvalue weighted by Gasteiger charge is -2.02. The number of methoxy groups -OCH3 is 1. The van der Waals surface area contributed by atoms with Crippen LogP contribution in [0.5, 0.6) is 5.75 Å². The summed E-state index contributed by atoms with van der Waals surface area (Å²) in [4.78, 5) is 3.88. The van der Waals surface area contributed by atoms with E-state index in [0.717, 1.165) is 5.56 Å². The minimum atomic E-state index is 0.365. The van der Waals surface area contributed by atoms with Crippen molar-refractivity contribution in [3.63, 3.8) is 0 Å². The van der Waals surface area contributed by atoms with Crippen LogP contribution in [0.2, 0.25) is 5.15 Å². The minimum Gasteiger partial charge on any atom is -0.494 e. The molecule has 0 atom stereocenters. The fraction of sp³-hybridized carbons (Fsp3) is 0.286. The molecular formula is C7H9ClN2O. The van der Waals surface area contributed by atoms with Crippen LogP contribution < -0.4 is 10.5 Å². The van der Waals surface area contributed by atoms with Gasteiger partial charge in [-0.3, -0.25) is 0 Å². The second-order valence-corrected chi connectivity index (χ2v) is 2.40. The van der Waals surface area contributed by atoms with Crippen molar-refractivity contribution in [1.82, 2.24) is 4.98 Å². The van der Waals surface area contributed by atoms with Gasteiger partial charge in [0.2, 0.25) is 0 Å². The van der Waals surface area contributed by atoms with Gasteiger partial charge < -0.3 is 10.5 Å². The highest BCUT2D eigenvalue weighted by Crippen LogP contribution is 2.21. The smallest absolute Gasteiger partial charge is 0.171 e. The highest BCUT2D eigenvalue weighted by molar-refractivity contribution is 6.30. The summed E-state index contributed by atoms with van der Waals surface area (Å²) < 4.78 is 4.94. The normalized spacial score (nSPS) is 9.73. The maximum Gasteiger partial charge on any atom is 0.171 e. The molecule has 0 aliphatic rings. The molecule has 0 saturated heterocycles. The molecule has 0 fully saturated rings. The van der Waals surface area contributed by atoms with Crippen molar-refractivity contribution in [2.75, 3.05) is 7.11 Å². The number of pyridine rings is 1. The van der Waals surface area contributed by atoms with E-state index in [0.29, 0.717) is 17.4 Å². The van der Waals surface area contributed by atoms with Gasteiger partial charge >= 0.3 is 0 Å². The first kappa shape index (κ1) is 8.30. The van der Waals surface area contributed by atoms with Gasteiger partial charge in [-0.25, -0.2) is 4.98 Å². The second kappa shape index (κ2) is 3.55. The Morgan fingerprint density at radius 3 is 3.00 bits per heavy atom. The molecule has 1 heterocycles. The summed E-state index contributed by atoms with van der Waals surface area (Å²) in [6.45, 7) is 0.445. The predicted molar refractivity (Wildman–Crippen MR) is 43.7 cm³/mol. The Balaban J connectivity index is 3.02. The lowest BCUT2D eigenvalue weighted by atomic mass is 10.3. The van der Waals surface area contributed by atoms with Gasteiger partial charge in [-0.15, -0.1) is 0 Å². The first-order chi connectivity index (χ1) is 5.27. The summed E-state index contributed by atoms with van der Waals surface area (Å²) in [5.74, 6) is 0.564. The molecule has 1 aromatic rings. The van der Waals surface area contributed by atoms with Crippen LogP contribution in [0.4, 0.5) is 0 Å². The maximum absolute atomic E-state index is 5.68. The summed E-state index contributed by atoms with van der Waals surface area (Å²) in [5, 5.41) is 0.365. The number of nitrogens with two attached hydrogens (primary N) is 1. The number of aromatic nitrogens is 1. The molecule has 0 unspecified atom stereocenters. The van der Waals surface area contributed by atoms with Crippen LogP contribution >= 0.6 is 11.6 Å². The van der Waals surface area contributed by atoms with Gasteiger partial charge in [-0.05, 0) is 11.6 Å². The van der Waals surface area contributed by atoms with E-state index in [9.17, 15) is 0 Å². The van der Waals surface area contributed by atoms with Crippen molar-refractivity contribution < 1.29 is 4.74 Å². The third-order valence-electron chi connectivity index (χ3n) is 1.32. The molecule has 0 aliphatic carbocycles. The van der Waals surface area contributed by atoms with Gasteiger partial charge in [0.05, 0.1) is 7.11 Å². The lowest BCUT2D eigenvalue weighted by Crippen LogP contribution is -1.98. The molecule has 11 heavy (non-hydrogen) atoms. The molecule has 0 aromatic carbocycles. The average molecular weight is 173 g/mol. The molecule has 0 radical (unpaired) electrons. The predicted octanol–water partition coefficient (Wildman–Crippen LogP) is 1.20. The first-order valence-electron chi connectivity index (χ1n) is 3.16. The summed E-state index contributed by atoms with van der Waals surface area (Å²) in [5.41, 5.74) is 6.29. The summed E-state index contributed by atoms with van der Waals surface area (Å²) in [6.07, 6.45) is 1.63. The van der Waals surface area contributed by atoms with Crippen molar-refractivity contribution >= 4 is 11.6 Å². The molecule has 2 N–H and O–H groups in total. The highest BCUT2D eigenvalue weighted by atomic mass is 35.5. The van der Waals surface area contributed by atoms with Crippen molar-refractivity contribution in [2.45, 2.75) is 6.54 Å². The van der Waals surface area contributed by atoms with Gasteiger partial charge in [0.25, 0.3) is 0 Å². The zero-order valence-electron chi connectivity index (χ0n) is 6.17. The third-order valence-corrected chi connectivity index (χ3v) is 1.60. The fourth-order valence-corrected chi connectivity index (χ4v) is 0.904. The number of rotatable bonds is 2. The van der Waals surface area contributed by atoms with Gasteiger partial charge in [-0.2, -0.15) is 0 Å². The number of halogens is 1. The van der Waals surface area contributed by atoms with Crippen LogP contribution in [0.25, 0.3) is 0 Å². The van der Waals surface area contributed by atoms with Crippen molar-refractivity contribution in [3.8, 4) is 5.75 Å². The Kier molecular flexibility index (Phi) is 2.68. The fourth-order valence-electron chi connectivity index (χ4n) is 0.723. The Bertz CT molecular complexity index is 252. The molecule has 0 aliphatic heterocycles. The zero-order chi connectivity index (χ0) is 8.27. The topological polar surface area (TPSA) is 48.1 Å². The van der Waals surface area contributed by atoms with E-state index in [4.69, 9.17) is 22.1 Å². The van der Waals surface area contributed by atoms with Gasteiger partial charge in [0.1, 0.15) is 0 Å². The Hall–Kier alpha value is -0.800. The first-order valence-corrected chi connectivity index (χ1v) is 3.54. The van der Waals surface area contributed by atoms with E-state index >= 15 is 0 Å². The standard InChI is InChI=1S/C7H9ClN2O/c1-11-6-2-5(3-9)4-10-7(6)8/h2,4H,3,9H2,1H3. The highest BCUT2D eigenvalue weighted by Gasteiger charge is 2.01. The van der Waals surface area contributed by atoms with Crippen LogP contribution in [0, 0.1) is 0 Å². The molecule has 0 bridgehead atoms. The van der Waals surface area contributed by atoms with Crippen LogP contribution in [-0.2, 0) is 6.54 Å². The Morgan fingerprint density at radius 1 is 1.73 bits per heavy atom. The van der Waals surface area contributed by atoms with Crippen LogP contribution in [0.15, 0.2) is 12.3 Å². The molecule has 3 nitrogen and oxygen atoms in total. The maximum atomic E-state index is 5.68. The number of hydrogen-bond acceptors (Lipinski definition) is 3. The molecule has 0 amide bonds. The Labute approximate surface area is 70.1 Å². The van der Waals surface area contributed by atoms with E-state index in [1.165, 1.54) is 0 Å². The summed E-state index contributed by atoms with van der Waals surface area (Å²) >= 11 is 5.68. The van der Waals surface area contributed by atoms with Gasteiger partial charge in [-0.1, -0.05) is 11.6 Å². The third kappa shape index (κ3) is 1.82. The molecule has 1 rings (SSSR count). The van der Waals surface area contributed by atoms with Crippen LogP contribution in [0.3, 0.4) is 0 Å². The zero-order valence-corrected chi connectivity index (χ0v) is 6.93. The SMILES string of the molecule is COc1cc(CN)cnc1Cl. The molecule has 1 aromatic heterocycles. The van der Waals surface area contributed by atoms with E-state index in [1.807, 2.05) is 0 Å². The number of hydrogen-bond donors (Lipinski definition) is 1. The van der Waals surface area contributed by atoms with Gasteiger partial charge in [0, 0.05) is 12.7 Å². The molecule has 60 valence electrons. The van der Waals surface area contributed by atoms with Crippen molar-refractivity contribution in [1.29, 1.82) is 0 Å². The molecule has 0 spiro atoms. The monoisotopic (exact) mass is 172 g/mol. The van der Waals surface area contributed by atoms with Crippen LogP contribution in [-0.4, -0.2) is 12.1 Å². The number of ether oxygens (including phenoxy) is 1. The van der Waals surface area contributed by atoms with Gasteiger partial charge in [0.15, 0.2) is 10.9 Å². The second-order valence-electron chi connectivity index (χ2n) is 2.04. The molecular weight excluding hydrogens is 164 g/mol. The Morgan fingerprint density at radius 2 is 2.45 bits per heavy atom. The summed E-state index contributed by atoms with van der Waals surface area (Å²) in [7, 11) is 1.54. The quantitative estimate of drug-likeness (QED) is 0.682. The number of nitrogens with zero attached hydrogens (tertiary/aromatic N) is 1. The van der Waals surface area contributed by atoms with Crippen molar-refractivity contribution in [3.05, 3.63) is 23.0 Å². The summed E-state index contributed by atoms with van der Waals surface area (Å²) in [6, 6.07) is 1.77. The molecule has 4 heteroatoms. The minimum absolute atomic E-state index is 0.365. The average Bonchev–Trinajstić information content (AvgIpc) is 2.05. The largest absolute Gasteiger partial charge is 0.494 e. The van der Waals surface area contributed by atoms with E-state index in [2.05, 4.69) is 4.98 Å².